The summed E-state index contributed by atoms with van der Waals surface area (Å²) >= 11 is 6.03. The van der Waals surface area contributed by atoms with E-state index >= 15 is 0 Å². The van der Waals surface area contributed by atoms with E-state index in [2.05, 4.69) is 11.4 Å². The number of nitrogens with one attached hydrogen (secondary N) is 1. The topological polar surface area (TPSA) is 35.8 Å². The molecular weight excluding hydrogens is 232 g/mol. The number of hydrogen-bond donors (Lipinski definition) is 1. The molecule has 2 bridgehead atoms. The van der Waals surface area contributed by atoms with Crippen molar-refractivity contribution in [2.75, 3.05) is 5.32 Å². The molecule has 1 aromatic rings. The fourth-order valence-electron chi connectivity index (χ4n) is 3.33. The molecule has 2 aliphatic carbocycles. The lowest BCUT2D eigenvalue weighted by molar-refractivity contribution is 0.440. The van der Waals surface area contributed by atoms with Crippen LogP contribution in [0.15, 0.2) is 18.2 Å². The molecule has 0 aromatic heterocycles. The minimum absolute atomic E-state index is 0.542. The zero-order valence-electron chi connectivity index (χ0n) is 9.62. The Hall–Kier alpha value is -1.20. The fourth-order valence-corrected chi connectivity index (χ4v) is 3.55. The molecule has 3 unspecified atom stereocenters. The summed E-state index contributed by atoms with van der Waals surface area (Å²) in [6, 6.07) is 8.30. The Bertz CT molecular complexity index is 478. The van der Waals surface area contributed by atoms with Gasteiger partial charge in [-0.05, 0) is 49.3 Å². The van der Waals surface area contributed by atoms with Gasteiger partial charge in [0.15, 0.2) is 0 Å². The van der Waals surface area contributed by atoms with Crippen molar-refractivity contribution in [1.82, 2.24) is 0 Å². The van der Waals surface area contributed by atoms with Gasteiger partial charge < -0.3 is 5.32 Å². The van der Waals surface area contributed by atoms with Gasteiger partial charge in [0.05, 0.1) is 10.6 Å². The van der Waals surface area contributed by atoms with E-state index in [1.807, 2.05) is 12.1 Å². The molecule has 3 heteroatoms. The molecule has 1 aromatic carbocycles. The summed E-state index contributed by atoms with van der Waals surface area (Å²) in [7, 11) is 0. The van der Waals surface area contributed by atoms with E-state index in [-0.39, 0.29) is 0 Å². The van der Waals surface area contributed by atoms with Crippen LogP contribution in [0.25, 0.3) is 0 Å². The van der Waals surface area contributed by atoms with Crippen molar-refractivity contribution in [3.63, 3.8) is 0 Å². The van der Waals surface area contributed by atoms with Gasteiger partial charge in [0.25, 0.3) is 0 Å². The Balaban J connectivity index is 1.74. The number of nitriles is 1. The van der Waals surface area contributed by atoms with Crippen LogP contribution in [0.4, 0.5) is 5.69 Å². The van der Waals surface area contributed by atoms with E-state index in [1.54, 1.807) is 6.07 Å². The van der Waals surface area contributed by atoms with Gasteiger partial charge >= 0.3 is 0 Å². The van der Waals surface area contributed by atoms with Crippen LogP contribution in [-0.4, -0.2) is 6.04 Å². The van der Waals surface area contributed by atoms with Gasteiger partial charge in [0, 0.05) is 11.7 Å². The summed E-state index contributed by atoms with van der Waals surface area (Å²) in [6.07, 6.45) is 5.47. The van der Waals surface area contributed by atoms with Crippen LogP contribution in [0.3, 0.4) is 0 Å². The fraction of sp³-hybridized carbons (Fsp3) is 0.500. The Morgan fingerprint density at radius 2 is 2.18 bits per heavy atom. The van der Waals surface area contributed by atoms with Gasteiger partial charge in [0.2, 0.25) is 0 Å². The maximum atomic E-state index is 8.82. The van der Waals surface area contributed by atoms with Crippen molar-refractivity contribution in [2.24, 2.45) is 11.8 Å². The van der Waals surface area contributed by atoms with Crippen LogP contribution in [0, 0.1) is 23.2 Å². The maximum Gasteiger partial charge on any atom is 0.101 e. The van der Waals surface area contributed by atoms with Crippen molar-refractivity contribution in [1.29, 1.82) is 5.26 Å². The first kappa shape index (κ1) is 10.9. The highest BCUT2D eigenvalue weighted by atomic mass is 35.5. The quantitative estimate of drug-likeness (QED) is 0.861. The minimum Gasteiger partial charge on any atom is -0.382 e. The predicted molar refractivity (Wildman–Crippen MR) is 69.0 cm³/mol. The van der Waals surface area contributed by atoms with Gasteiger partial charge in [0.1, 0.15) is 6.07 Å². The van der Waals surface area contributed by atoms with E-state index in [0.29, 0.717) is 16.6 Å². The van der Waals surface area contributed by atoms with Crippen LogP contribution in [0.2, 0.25) is 5.02 Å². The molecule has 2 nitrogen and oxygen atoms in total. The zero-order valence-corrected chi connectivity index (χ0v) is 10.4. The molecule has 0 radical (unpaired) electrons. The van der Waals surface area contributed by atoms with Crippen LogP contribution < -0.4 is 5.32 Å². The molecule has 3 atom stereocenters. The lowest BCUT2D eigenvalue weighted by atomic mass is 9.95. The predicted octanol–water partition coefficient (Wildman–Crippen LogP) is 3.81. The third kappa shape index (κ3) is 2.00. The first-order chi connectivity index (χ1) is 8.26. The highest BCUT2D eigenvalue weighted by molar-refractivity contribution is 6.32. The van der Waals surface area contributed by atoms with Crippen molar-refractivity contribution >= 4 is 17.3 Å². The number of anilines is 1. The summed E-state index contributed by atoms with van der Waals surface area (Å²) in [5, 5.41) is 12.9. The average Bonchev–Trinajstić information content (AvgIpc) is 2.91. The molecule has 0 aliphatic heterocycles. The van der Waals surface area contributed by atoms with Gasteiger partial charge in [-0.1, -0.05) is 18.0 Å². The Morgan fingerprint density at radius 3 is 2.76 bits per heavy atom. The molecule has 2 aliphatic rings. The lowest BCUT2D eigenvalue weighted by Gasteiger charge is -2.24. The highest BCUT2D eigenvalue weighted by Crippen LogP contribution is 2.45. The van der Waals surface area contributed by atoms with Gasteiger partial charge in [-0.25, -0.2) is 0 Å². The van der Waals surface area contributed by atoms with Crippen molar-refractivity contribution < 1.29 is 0 Å². The van der Waals surface area contributed by atoms with E-state index in [0.717, 1.165) is 17.5 Å². The number of hydrogen-bond acceptors (Lipinski definition) is 2. The lowest BCUT2D eigenvalue weighted by Crippen LogP contribution is -2.25. The molecule has 3 rings (SSSR count). The molecule has 17 heavy (non-hydrogen) atoms. The normalized spacial score (nSPS) is 30.2. The number of fused-ring (bicyclic) bond motifs is 2. The first-order valence-electron chi connectivity index (χ1n) is 6.22. The van der Waals surface area contributed by atoms with Gasteiger partial charge in [-0.3, -0.25) is 0 Å². The standard InChI is InChI=1S/C14H15ClN2/c15-13-7-12(4-3-11(13)8-16)17-14-6-9-1-2-10(14)5-9/h3-4,7,9-10,14,17H,1-2,5-6H2. The smallest absolute Gasteiger partial charge is 0.101 e. The second kappa shape index (κ2) is 4.23. The van der Waals surface area contributed by atoms with Crippen molar-refractivity contribution in [2.45, 2.75) is 31.7 Å². The van der Waals surface area contributed by atoms with Crippen molar-refractivity contribution in [3.05, 3.63) is 28.8 Å². The van der Waals surface area contributed by atoms with E-state index in [4.69, 9.17) is 16.9 Å². The number of nitrogens with zero attached hydrogens (tertiary/aromatic N) is 1. The largest absolute Gasteiger partial charge is 0.382 e. The Labute approximate surface area is 107 Å². The second-order valence-corrected chi connectivity index (χ2v) is 5.64. The van der Waals surface area contributed by atoms with Gasteiger partial charge in [-0.2, -0.15) is 5.26 Å². The summed E-state index contributed by atoms with van der Waals surface area (Å²) < 4.78 is 0. The van der Waals surface area contributed by atoms with Crippen LogP contribution >= 0.6 is 11.6 Å². The summed E-state index contributed by atoms with van der Waals surface area (Å²) in [6.45, 7) is 0. The zero-order chi connectivity index (χ0) is 11.8. The minimum atomic E-state index is 0.542. The Kier molecular flexibility index (Phi) is 2.72. The monoisotopic (exact) mass is 246 g/mol. The van der Waals surface area contributed by atoms with E-state index < -0.39 is 0 Å². The average molecular weight is 247 g/mol. The molecule has 0 heterocycles. The molecule has 0 saturated heterocycles. The molecule has 2 fully saturated rings. The molecule has 0 spiro atoms. The number of benzene rings is 1. The molecule has 2 saturated carbocycles. The summed E-state index contributed by atoms with van der Waals surface area (Å²) in [4.78, 5) is 0. The molecular formula is C14H15ClN2. The van der Waals surface area contributed by atoms with E-state index in [9.17, 15) is 0 Å². The number of halogens is 1. The van der Waals surface area contributed by atoms with Crippen LogP contribution in [0.5, 0.6) is 0 Å². The summed E-state index contributed by atoms with van der Waals surface area (Å²) in [5.74, 6) is 1.78. The maximum absolute atomic E-state index is 8.82. The van der Waals surface area contributed by atoms with Gasteiger partial charge in [-0.15, -0.1) is 0 Å². The van der Waals surface area contributed by atoms with Crippen molar-refractivity contribution in [3.8, 4) is 6.07 Å². The first-order valence-corrected chi connectivity index (χ1v) is 6.60. The van der Waals surface area contributed by atoms with Crippen LogP contribution in [-0.2, 0) is 0 Å². The number of rotatable bonds is 2. The van der Waals surface area contributed by atoms with E-state index in [1.165, 1.54) is 25.7 Å². The molecule has 0 amide bonds. The second-order valence-electron chi connectivity index (χ2n) is 5.23. The SMILES string of the molecule is N#Cc1ccc(NC2CC3CCC2C3)cc1Cl. The Morgan fingerprint density at radius 1 is 1.29 bits per heavy atom. The summed E-state index contributed by atoms with van der Waals surface area (Å²) in [5.41, 5.74) is 1.59. The molecule has 88 valence electrons. The highest BCUT2D eigenvalue weighted by Gasteiger charge is 2.39. The third-order valence-corrected chi connectivity index (χ3v) is 4.49. The third-order valence-electron chi connectivity index (χ3n) is 4.18. The molecule has 1 N–H and O–H groups in total. The van der Waals surface area contributed by atoms with Crippen LogP contribution in [0.1, 0.15) is 31.2 Å².